The van der Waals surface area contributed by atoms with E-state index in [9.17, 15) is 38.6 Å². The summed E-state index contributed by atoms with van der Waals surface area (Å²) in [6.07, 6.45) is 0.0687. The highest BCUT2D eigenvalue weighted by Gasteiger charge is 2.69. The summed E-state index contributed by atoms with van der Waals surface area (Å²) in [7, 11) is 3.04. The first-order chi connectivity index (χ1) is 16.4. The Balaban J connectivity index is 1.85. The number of hydrogen-bond acceptors (Lipinski definition) is 9. The minimum Gasteiger partial charge on any atom is -0.507 e. The van der Waals surface area contributed by atoms with E-state index in [-0.39, 0.29) is 24.2 Å². The highest BCUT2D eigenvalue weighted by Crippen LogP contribution is 2.51. The Labute approximate surface area is 200 Å². The number of phenols is 1. The minimum absolute atomic E-state index is 0.0440. The molecule has 0 aromatic heterocycles. The molecule has 0 aliphatic heterocycles. The third-order valence-electron chi connectivity index (χ3n) is 7.58. The van der Waals surface area contributed by atoms with E-state index in [1.54, 1.807) is 6.92 Å². The number of phenolic OH excluding ortho intramolecular Hbond substituents is 1. The number of amides is 1. The van der Waals surface area contributed by atoms with E-state index in [1.165, 1.54) is 31.1 Å². The molecule has 35 heavy (non-hydrogen) atoms. The van der Waals surface area contributed by atoms with Crippen molar-refractivity contribution in [1.82, 2.24) is 4.90 Å². The van der Waals surface area contributed by atoms with E-state index in [0.29, 0.717) is 11.3 Å². The number of aliphatic hydroxyl groups is 1. The van der Waals surface area contributed by atoms with Gasteiger partial charge in [0.15, 0.2) is 34.7 Å². The maximum Gasteiger partial charge on any atom is 0.235 e. The number of benzene rings is 1. The molecule has 2 saturated carbocycles. The highest BCUT2D eigenvalue weighted by atomic mass is 19.1. The number of carbonyl (C=O) groups is 5. The van der Waals surface area contributed by atoms with Gasteiger partial charge in [-0.2, -0.15) is 0 Å². The molecule has 1 aromatic rings. The van der Waals surface area contributed by atoms with Crippen LogP contribution in [-0.4, -0.2) is 82.6 Å². The number of anilines is 1. The number of carbonyl (C=O) groups excluding carboxylic acids is 5. The number of nitrogens with zero attached hydrogens (tertiary/aromatic N) is 1. The molecule has 5 N–H and O–H groups in total. The molecular weight excluding hydrogens is 461 g/mol. The predicted octanol–water partition coefficient (Wildman–Crippen LogP) is -0.363. The lowest BCUT2D eigenvalue weighted by Crippen LogP contribution is -2.74. The van der Waals surface area contributed by atoms with Crippen LogP contribution in [0.25, 0.3) is 0 Å². The summed E-state index contributed by atoms with van der Waals surface area (Å²) in [5.74, 6) is -11.0. The Morgan fingerprint density at radius 2 is 1.91 bits per heavy atom. The second-order valence-electron chi connectivity index (χ2n) is 9.97. The summed E-state index contributed by atoms with van der Waals surface area (Å²) < 4.78 is 13.1. The molecular formula is C24H28FN3O7. The van der Waals surface area contributed by atoms with Crippen molar-refractivity contribution in [2.24, 2.45) is 29.4 Å². The fourth-order valence-corrected chi connectivity index (χ4v) is 6.04. The van der Waals surface area contributed by atoms with Crippen molar-refractivity contribution < 1.29 is 38.6 Å². The van der Waals surface area contributed by atoms with Crippen molar-refractivity contribution in [2.45, 2.75) is 37.5 Å². The summed E-state index contributed by atoms with van der Waals surface area (Å²) in [5.41, 5.74) is 3.23. The normalized spacial score (nSPS) is 33.1. The molecule has 10 nitrogen and oxygen atoms in total. The van der Waals surface area contributed by atoms with Crippen molar-refractivity contribution in [3.8, 4) is 5.75 Å². The zero-order chi connectivity index (χ0) is 26.0. The van der Waals surface area contributed by atoms with E-state index in [0.717, 1.165) is 0 Å². The number of likely N-dealkylation sites (N-methyl/N-ethyl adjacent to an activating group) is 1. The Hall–Kier alpha value is -3.18. The molecule has 0 saturated heterocycles. The number of nitrogens with two attached hydrogens (primary N) is 1. The van der Waals surface area contributed by atoms with Gasteiger partial charge >= 0.3 is 0 Å². The smallest absolute Gasteiger partial charge is 0.235 e. The highest BCUT2D eigenvalue weighted by molar-refractivity contribution is 6.32. The van der Waals surface area contributed by atoms with Gasteiger partial charge in [-0.15, -0.1) is 0 Å². The lowest BCUT2D eigenvalue weighted by atomic mass is 9.52. The molecule has 0 spiro atoms. The van der Waals surface area contributed by atoms with Crippen LogP contribution < -0.4 is 11.1 Å². The SMILES string of the molecule is CC(CF)Nc1ccc(O)c2c1C[C@H]1C[C@H]3[C@H](N(C)C)C(=O)C(C(N)=O)C(=O)[C@@]3(O)C(=O)C1C2=O. The van der Waals surface area contributed by atoms with Crippen LogP contribution in [0.1, 0.15) is 29.3 Å². The molecule has 1 aromatic carbocycles. The van der Waals surface area contributed by atoms with Crippen LogP contribution in [-0.2, 0) is 25.6 Å². The van der Waals surface area contributed by atoms with E-state index in [4.69, 9.17) is 5.73 Å². The van der Waals surface area contributed by atoms with Crippen molar-refractivity contribution in [3.05, 3.63) is 23.3 Å². The third kappa shape index (κ3) is 3.48. The van der Waals surface area contributed by atoms with Crippen molar-refractivity contribution in [2.75, 3.05) is 26.1 Å². The second-order valence-corrected chi connectivity index (χ2v) is 9.97. The number of primary amides is 1. The molecule has 0 radical (unpaired) electrons. The Morgan fingerprint density at radius 3 is 2.49 bits per heavy atom. The average molecular weight is 490 g/mol. The molecule has 3 aliphatic rings. The Kier molecular flexibility index (Phi) is 6.05. The van der Waals surface area contributed by atoms with Crippen molar-refractivity contribution >= 4 is 34.7 Å². The quantitative estimate of drug-likeness (QED) is 0.319. The predicted molar refractivity (Wildman–Crippen MR) is 120 cm³/mol. The van der Waals surface area contributed by atoms with Crippen LogP contribution in [0.5, 0.6) is 5.75 Å². The lowest BCUT2D eigenvalue weighted by molar-refractivity contribution is -0.181. The molecule has 0 heterocycles. The minimum atomic E-state index is -2.76. The van der Waals surface area contributed by atoms with E-state index in [1.807, 2.05) is 0 Å². The number of ketones is 4. The number of nitrogens with one attached hydrogen (secondary N) is 1. The molecule has 1 amide bonds. The van der Waals surface area contributed by atoms with E-state index in [2.05, 4.69) is 5.32 Å². The Bertz CT molecular complexity index is 1150. The van der Waals surface area contributed by atoms with Crippen LogP contribution in [0.15, 0.2) is 12.1 Å². The Morgan fingerprint density at radius 1 is 1.26 bits per heavy atom. The number of fused-ring (bicyclic) bond motifs is 3. The molecule has 7 atom stereocenters. The topological polar surface area (TPSA) is 167 Å². The van der Waals surface area contributed by atoms with Crippen LogP contribution in [0.4, 0.5) is 10.1 Å². The van der Waals surface area contributed by atoms with Crippen LogP contribution in [0.2, 0.25) is 0 Å². The van der Waals surface area contributed by atoms with Gasteiger partial charge in [0.25, 0.3) is 0 Å². The summed E-state index contributed by atoms with van der Waals surface area (Å²) in [4.78, 5) is 66.9. The molecule has 3 aliphatic carbocycles. The molecule has 4 rings (SSSR count). The van der Waals surface area contributed by atoms with Gasteiger partial charge in [0, 0.05) is 11.6 Å². The van der Waals surface area contributed by atoms with Gasteiger partial charge in [-0.05, 0) is 57.5 Å². The number of alkyl halides is 1. The molecule has 188 valence electrons. The van der Waals surface area contributed by atoms with Gasteiger partial charge in [0.2, 0.25) is 5.91 Å². The maximum atomic E-state index is 13.7. The maximum absolute atomic E-state index is 13.7. The summed E-state index contributed by atoms with van der Waals surface area (Å²) in [5, 5.41) is 24.9. The van der Waals surface area contributed by atoms with Gasteiger partial charge in [-0.3, -0.25) is 28.9 Å². The van der Waals surface area contributed by atoms with E-state index >= 15 is 0 Å². The largest absolute Gasteiger partial charge is 0.507 e. The average Bonchev–Trinajstić information content (AvgIpc) is 2.77. The number of Topliss-reactive ketones (excluding diaryl/α,β-unsaturated/α-hetero) is 4. The zero-order valence-corrected chi connectivity index (χ0v) is 19.6. The van der Waals surface area contributed by atoms with Gasteiger partial charge in [0.05, 0.1) is 23.6 Å². The molecule has 0 bridgehead atoms. The van der Waals surface area contributed by atoms with Crippen LogP contribution in [0.3, 0.4) is 0 Å². The summed E-state index contributed by atoms with van der Waals surface area (Å²) >= 11 is 0. The number of hydrogen-bond donors (Lipinski definition) is 4. The first-order valence-corrected chi connectivity index (χ1v) is 11.4. The van der Waals surface area contributed by atoms with Gasteiger partial charge in [0.1, 0.15) is 12.4 Å². The summed E-state index contributed by atoms with van der Waals surface area (Å²) in [6, 6.07) is 1.03. The van der Waals surface area contributed by atoms with Crippen LogP contribution in [0, 0.1) is 23.7 Å². The fraction of sp³-hybridized carbons (Fsp3) is 0.542. The monoisotopic (exact) mass is 489 g/mol. The van der Waals surface area contributed by atoms with Gasteiger partial charge in [-0.1, -0.05) is 0 Å². The third-order valence-corrected chi connectivity index (χ3v) is 7.58. The number of aromatic hydroxyl groups is 1. The van der Waals surface area contributed by atoms with E-state index < -0.39 is 77.1 Å². The lowest BCUT2D eigenvalue weighted by Gasteiger charge is -2.52. The van der Waals surface area contributed by atoms with Crippen LogP contribution >= 0.6 is 0 Å². The summed E-state index contributed by atoms with van der Waals surface area (Å²) in [6.45, 7) is 0.923. The second kappa shape index (κ2) is 8.49. The van der Waals surface area contributed by atoms with Crippen molar-refractivity contribution in [1.29, 1.82) is 0 Å². The molecule has 3 unspecified atom stereocenters. The number of halogens is 1. The zero-order valence-electron chi connectivity index (χ0n) is 19.6. The molecule has 11 heteroatoms. The van der Waals surface area contributed by atoms with Gasteiger partial charge < -0.3 is 21.3 Å². The first-order valence-electron chi connectivity index (χ1n) is 11.4. The standard InChI is InChI=1S/C24H28FN3O7/c1-9(8-25)27-13-4-5-14(29)16-11(13)6-10-7-12-18(28(2)3)20(31)17(23(26)34)22(33)24(12,35)21(32)15(10)19(16)30/h4-5,9-10,12,15,17-18,27,29,35H,6-8H2,1-3H3,(H2,26,34)/t9?,10-,12-,15?,17?,18-,24-/m0/s1. The first kappa shape index (κ1) is 24.9. The van der Waals surface area contributed by atoms with Crippen molar-refractivity contribution in [3.63, 3.8) is 0 Å². The number of rotatable bonds is 5. The van der Waals surface area contributed by atoms with Gasteiger partial charge in [-0.25, -0.2) is 4.39 Å². The fourth-order valence-electron chi connectivity index (χ4n) is 6.04. The molecule has 2 fully saturated rings.